The molecule has 0 radical (unpaired) electrons. The van der Waals surface area contributed by atoms with Gasteiger partial charge in [0.05, 0.1) is 6.33 Å². The first-order chi connectivity index (χ1) is 5.38. The second-order valence-electron chi connectivity index (χ2n) is 3.12. The summed E-state index contributed by atoms with van der Waals surface area (Å²) in [5.74, 6) is 0.683. The van der Waals surface area contributed by atoms with Gasteiger partial charge in [0.1, 0.15) is 0 Å². The highest BCUT2D eigenvalue weighted by Crippen LogP contribution is 2.20. The minimum absolute atomic E-state index is 0. The lowest BCUT2D eigenvalue weighted by molar-refractivity contribution is 0.685. The SMILES string of the molecule is Cl.Cl.Cn1cncc1C1CCNC1. The molecule has 1 saturated heterocycles. The molecule has 1 unspecified atom stereocenters. The average Bonchev–Trinajstić information content (AvgIpc) is 2.55. The van der Waals surface area contributed by atoms with Crippen molar-refractivity contribution < 1.29 is 0 Å². The summed E-state index contributed by atoms with van der Waals surface area (Å²) in [5, 5.41) is 3.35. The molecule has 76 valence electrons. The second-order valence-corrected chi connectivity index (χ2v) is 3.12. The van der Waals surface area contributed by atoms with Crippen molar-refractivity contribution in [1.29, 1.82) is 0 Å². The molecule has 1 aromatic rings. The first kappa shape index (κ1) is 12.8. The number of rotatable bonds is 1. The first-order valence-electron chi connectivity index (χ1n) is 4.05. The van der Waals surface area contributed by atoms with Gasteiger partial charge in [-0.1, -0.05) is 0 Å². The Morgan fingerprint density at radius 1 is 1.54 bits per heavy atom. The van der Waals surface area contributed by atoms with Gasteiger partial charge in [0, 0.05) is 31.4 Å². The summed E-state index contributed by atoms with van der Waals surface area (Å²) in [6.07, 6.45) is 5.09. The Bertz CT molecular complexity index is 243. The summed E-state index contributed by atoms with van der Waals surface area (Å²) in [5.41, 5.74) is 1.36. The molecule has 0 spiro atoms. The number of nitrogens with zero attached hydrogens (tertiary/aromatic N) is 2. The van der Waals surface area contributed by atoms with E-state index in [2.05, 4.69) is 21.9 Å². The molecule has 0 aliphatic carbocycles. The van der Waals surface area contributed by atoms with Crippen LogP contribution in [0.15, 0.2) is 12.5 Å². The number of hydrogen-bond donors (Lipinski definition) is 1. The molecule has 1 atom stereocenters. The fourth-order valence-corrected chi connectivity index (χ4v) is 1.67. The molecule has 5 heteroatoms. The Labute approximate surface area is 90.7 Å². The van der Waals surface area contributed by atoms with E-state index in [4.69, 9.17) is 0 Å². The monoisotopic (exact) mass is 223 g/mol. The lowest BCUT2D eigenvalue weighted by atomic mass is 10.1. The third-order valence-corrected chi connectivity index (χ3v) is 2.33. The highest BCUT2D eigenvalue weighted by Gasteiger charge is 2.18. The molecule has 1 aliphatic rings. The van der Waals surface area contributed by atoms with Crippen LogP contribution in [0.25, 0.3) is 0 Å². The molecule has 2 rings (SSSR count). The number of aryl methyl sites for hydroxylation is 1. The van der Waals surface area contributed by atoms with E-state index in [1.165, 1.54) is 12.1 Å². The van der Waals surface area contributed by atoms with Crippen LogP contribution < -0.4 is 5.32 Å². The van der Waals surface area contributed by atoms with E-state index in [1.54, 1.807) is 0 Å². The predicted octanol–water partition coefficient (Wildman–Crippen LogP) is 1.34. The molecule has 0 aromatic carbocycles. The molecule has 1 aliphatic heterocycles. The van der Waals surface area contributed by atoms with Crippen molar-refractivity contribution >= 4 is 24.8 Å². The van der Waals surface area contributed by atoms with Crippen molar-refractivity contribution in [2.75, 3.05) is 13.1 Å². The maximum atomic E-state index is 4.10. The first-order valence-corrected chi connectivity index (χ1v) is 4.05. The molecule has 1 fully saturated rings. The fraction of sp³-hybridized carbons (Fsp3) is 0.625. The molecule has 1 aromatic heterocycles. The normalized spacial score (nSPS) is 20.5. The van der Waals surface area contributed by atoms with Crippen LogP contribution in [0, 0.1) is 0 Å². The van der Waals surface area contributed by atoms with E-state index in [1.807, 2.05) is 12.5 Å². The minimum atomic E-state index is 0. The molecule has 0 amide bonds. The Balaban J connectivity index is 0.000000720. The Kier molecular flexibility index (Phi) is 5.37. The fourth-order valence-electron chi connectivity index (χ4n) is 1.67. The summed E-state index contributed by atoms with van der Waals surface area (Å²) in [6.45, 7) is 2.26. The molecular weight excluding hydrogens is 209 g/mol. The lowest BCUT2D eigenvalue weighted by Crippen LogP contribution is -2.09. The zero-order valence-electron chi connectivity index (χ0n) is 7.56. The third-order valence-electron chi connectivity index (χ3n) is 2.33. The highest BCUT2D eigenvalue weighted by molar-refractivity contribution is 5.85. The van der Waals surface area contributed by atoms with Crippen LogP contribution in [0.2, 0.25) is 0 Å². The highest BCUT2D eigenvalue weighted by atomic mass is 35.5. The van der Waals surface area contributed by atoms with Crippen molar-refractivity contribution in [2.45, 2.75) is 12.3 Å². The molecule has 0 bridgehead atoms. The summed E-state index contributed by atoms with van der Waals surface area (Å²) in [7, 11) is 2.06. The molecule has 3 nitrogen and oxygen atoms in total. The van der Waals surface area contributed by atoms with Crippen molar-refractivity contribution in [2.24, 2.45) is 7.05 Å². The number of imidazole rings is 1. The smallest absolute Gasteiger partial charge is 0.0945 e. The van der Waals surface area contributed by atoms with Crippen LogP contribution in [0.3, 0.4) is 0 Å². The van der Waals surface area contributed by atoms with Gasteiger partial charge in [0.25, 0.3) is 0 Å². The predicted molar refractivity (Wildman–Crippen MR) is 57.9 cm³/mol. The van der Waals surface area contributed by atoms with Crippen LogP contribution in [0.4, 0.5) is 0 Å². The van der Waals surface area contributed by atoms with Crippen LogP contribution in [-0.4, -0.2) is 22.6 Å². The van der Waals surface area contributed by atoms with Crippen molar-refractivity contribution in [1.82, 2.24) is 14.9 Å². The number of halogens is 2. The summed E-state index contributed by atoms with van der Waals surface area (Å²) in [6, 6.07) is 0. The topological polar surface area (TPSA) is 29.9 Å². The van der Waals surface area contributed by atoms with E-state index in [0.29, 0.717) is 5.92 Å². The van der Waals surface area contributed by atoms with Crippen LogP contribution in [0.5, 0.6) is 0 Å². The third kappa shape index (κ3) is 2.59. The zero-order chi connectivity index (χ0) is 7.68. The van der Waals surface area contributed by atoms with Crippen molar-refractivity contribution in [3.8, 4) is 0 Å². The van der Waals surface area contributed by atoms with Crippen LogP contribution in [-0.2, 0) is 7.05 Å². The van der Waals surface area contributed by atoms with E-state index in [9.17, 15) is 0 Å². The molecular formula is C8H15Cl2N3. The Morgan fingerprint density at radius 2 is 2.31 bits per heavy atom. The summed E-state index contributed by atoms with van der Waals surface area (Å²) >= 11 is 0. The van der Waals surface area contributed by atoms with Gasteiger partial charge in [-0.2, -0.15) is 0 Å². The molecule has 13 heavy (non-hydrogen) atoms. The standard InChI is InChI=1S/C8H13N3.2ClH/c1-11-6-10-5-8(11)7-2-3-9-4-7;;/h5-7,9H,2-4H2,1H3;2*1H. The lowest BCUT2D eigenvalue weighted by Gasteiger charge is -2.07. The number of hydrogen-bond acceptors (Lipinski definition) is 2. The second kappa shape index (κ2) is 5.47. The Hall–Kier alpha value is -0.250. The van der Waals surface area contributed by atoms with E-state index in [-0.39, 0.29) is 24.8 Å². The molecule has 0 saturated carbocycles. The summed E-state index contributed by atoms with van der Waals surface area (Å²) < 4.78 is 2.11. The van der Waals surface area contributed by atoms with Gasteiger partial charge in [-0.3, -0.25) is 0 Å². The summed E-state index contributed by atoms with van der Waals surface area (Å²) in [4.78, 5) is 4.10. The largest absolute Gasteiger partial charge is 0.337 e. The average molecular weight is 224 g/mol. The van der Waals surface area contributed by atoms with Gasteiger partial charge >= 0.3 is 0 Å². The van der Waals surface area contributed by atoms with Gasteiger partial charge < -0.3 is 9.88 Å². The van der Waals surface area contributed by atoms with Crippen molar-refractivity contribution in [3.05, 3.63) is 18.2 Å². The van der Waals surface area contributed by atoms with Gasteiger partial charge in [-0.05, 0) is 13.0 Å². The molecule has 1 N–H and O–H groups in total. The minimum Gasteiger partial charge on any atom is -0.337 e. The van der Waals surface area contributed by atoms with Crippen LogP contribution in [0.1, 0.15) is 18.0 Å². The number of nitrogens with one attached hydrogen (secondary N) is 1. The van der Waals surface area contributed by atoms with E-state index in [0.717, 1.165) is 13.1 Å². The van der Waals surface area contributed by atoms with Gasteiger partial charge in [0.15, 0.2) is 0 Å². The maximum absolute atomic E-state index is 4.10. The van der Waals surface area contributed by atoms with Crippen molar-refractivity contribution in [3.63, 3.8) is 0 Å². The van der Waals surface area contributed by atoms with E-state index < -0.39 is 0 Å². The van der Waals surface area contributed by atoms with Gasteiger partial charge in [-0.15, -0.1) is 24.8 Å². The zero-order valence-corrected chi connectivity index (χ0v) is 9.20. The number of aromatic nitrogens is 2. The van der Waals surface area contributed by atoms with Gasteiger partial charge in [0.2, 0.25) is 0 Å². The van der Waals surface area contributed by atoms with Gasteiger partial charge in [-0.25, -0.2) is 4.98 Å². The quantitative estimate of drug-likeness (QED) is 0.780. The Morgan fingerprint density at radius 3 is 2.77 bits per heavy atom. The van der Waals surface area contributed by atoms with E-state index >= 15 is 0 Å². The van der Waals surface area contributed by atoms with Crippen LogP contribution >= 0.6 is 24.8 Å². The maximum Gasteiger partial charge on any atom is 0.0945 e. The molecule has 2 heterocycles.